The number of phosphoric ester groups is 2. The number of aliphatic hydroxyl groups excluding tert-OH is 2. The van der Waals surface area contributed by atoms with Crippen LogP contribution in [0.15, 0.2) is 17.1 Å². The summed E-state index contributed by atoms with van der Waals surface area (Å²) in [4.78, 5) is 35.2. The van der Waals surface area contributed by atoms with Crippen molar-refractivity contribution in [1.29, 1.82) is 0 Å². The second kappa shape index (κ2) is 20.8. The van der Waals surface area contributed by atoms with E-state index in [2.05, 4.69) is 20.7 Å². The molecule has 238 valence electrons. The Morgan fingerprint density at radius 1 is 0.881 bits per heavy atom. The van der Waals surface area contributed by atoms with Crippen LogP contribution in [0.25, 0.3) is 0 Å². The van der Waals surface area contributed by atoms with Crippen molar-refractivity contribution in [3.63, 3.8) is 0 Å². The molecule has 1 aliphatic rings. The molecule has 0 bridgehead atoms. The van der Waals surface area contributed by atoms with Crippen molar-refractivity contribution in [1.82, 2.24) is 9.55 Å². The number of hydrogen-bond acceptors (Lipinski definition) is 11. The fourth-order valence-corrected chi connectivity index (χ4v) is 6.65. The number of unbranched alkanes of at least 4 members (excludes halogenated alkanes) is 13. The van der Waals surface area contributed by atoms with Gasteiger partial charge in [0.15, 0.2) is 6.23 Å². The zero-order valence-electron chi connectivity index (χ0n) is 24.8. The van der Waals surface area contributed by atoms with Crippen LogP contribution in [0.3, 0.4) is 0 Å². The molecule has 6 atom stereocenters. The number of phosphoric acid groups is 2. The van der Waals surface area contributed by atoms with Crippen LogP contribution >= 0.6 is 15.6 Å². The molecule has 6 N–H and O–H groups in total. The summed E-state index contributed by atoms with van der Waals surface area (Å²) in [6.07, 6.45) is 11.3. The normalized spacial score (nSPS) is 23.3. The Labute approximate surface area is 269 Å². The van der Waals surface area contributed by atoms with Gasteiger partial charge in [-0.15, -0.1) is 0 Å². The first kappa shape index (κ1) is 39.8. The molecule has 14 nitrogen and oxygen atoms in total. The number of nitrogens with two attached hydrogens (primary N) is 1. The first-order valence-corrected chi connectivity index (χ1v) is 17.5. The summed E-state index contributed by atoms with van der Waals surface area (Å²) < 4.78 is 44.3. The van der Waals surface area contributed by atoms with Crippen molar-refractivity contribution in [2.45, 2.75) is 121 Å². The Bertz CT molecular complexity index is 1050. The van der Waals surface area contributed by atoms with Gasteiger partial charge in [0.1, 0.15) is 24.1 Å². The van der Waals surface area contributed by atoms with E-state index < -0.39 is 52.5 Å². The van der Waals surface area contributed by atoms with Crippen LogP contribution in [-0.4, -0.2) is 61.1 Å². The van der Waals surface area contributed by atoms with E-state index >= 15 is 0 Å². The number of ether oxygens (including phenoxy) is 1. The first-order chi connectivity index (χ1) is 19.5. The molecule has 2 rings (SSSR count). The molecule has 0 amide bonds. The summed E-state index contributed by atoms with van der Waals surface area (Å²) in [7, 11) is -10.0. The van der Waals surface area contributed by atoms with Crippen molar-refractivity contribution in [3.05, 3.63) is 22.7 Å². The molecule has 1 aliphatic heterocycles. The van der Waals surface area contributed by atoms with Crippen molar-refractivity contribution in [3.8, 4) is 0 Å². The van der Waals surface area contributed by atoms with Crippen molar-refractivity contribution < 1.29 is 76.8 Å². The maximum Gasteiger partial charge on any atom is 1.00 e. The third-order valence-electron chi connectivity index (χ3n) is 6.82. The van der Waals surface area contributed by atoms with Gasteiger partial charge in [0.2, 0.25) is 0 Å². The Morgan fingerprint density at radius 2 is 1.38 bits per heavy atom. The maximum absolute atomic E-state index is 12.2. The minimum absolute atomic E-state index is 0. The number of aromatic nitrogens is 2. The molecule has 2 heterocycles. The van der Waals surface area contributed by atoms with E-state index in [0.717, 1.165) is 30.3 Å². The second-order valence-electron chi connectivity index (χ2n) is 10.3. The molecule has 1 aromatic rings. The average molecular weight is 651 g/mol. The fourth-order valence-electron chi connectivity index (χ4n) is 4.54. The second-order valence-corrected chi connectivity index (χ2v) is 13.4. The van der Waals surface area contributed by atoms with E-state index in [4.69, 9.17) is 15.0 Å². The Morgan fingerprint density at radius 3 is 1.90 bits per heavy atom. The SMILES string of the molecule is CCCCCCCCCCCCCCCCOP(=O)(O)OP(=O)(O)OCC1OC(n2ccc(N)nc2=O)C(O)C1O.[Na+]. The van der Waals surface area contributed by atoms with Gasteiger partial charge in [-0.25, -0.2) is 13.9 Å². The quantitative estimate of drug-likeness (QED) is 0.0678. The summed E-state index contributed by atoms with van der Waals surface area (Å²) in [5.41, 5.74) is 4.58. The minimum atomic E-state index is -5.12. The standard InChI is InChI=1S/C25H47N3O11P2.Na/c1-2-3-4-5-6-7-8-9-10-11-12-13-14-15-18-36-40(32,33)39-41(34,35)37-19-20-22(29)23(30)24(38-20)28-17-16-21(26)27-25(28)31;/h16-17,20,22-24,29-30H,2-15,18-19H2,1H3,(H,32,33)(H,34,35)(H2,26,27,31);/q;+1. The smallest absolute Gasteiger partial charge is 0.387 e. The van der Waals surface area contributed by atoms with Crippen LogP contribution in [0.4, 0.5) is 5.82 Å². The van der Waals surface area contributed by atoms with E-state index in [-0.39, 0.29) is 42.0 Å². The predicted molar refractivity (Wildman–Crippen MR) is 152 cm³/mol. The van der Waals surface area contributed by atoms with E-state index in [0.29, 0.717) is 6.42 Å². The molecule has 1 fully saturated rings. The molecule has 0 aliphatic carbocycles. The summed E-state index contributed by atoms with van der Waals surface area (Å²) in [5, 5.41) is 20.4. The van der Waals surface area contributed by atoms with Crippen LogP contribution in [0.1, 0.15) is 103 Å². The van der Waals surface area contributed by atoms with Crippen molar-refractivity contribution in [2.24, 2.45) is 0 Å². The van der Waals surface area contributed by atoms with Gasteiger partial charge in [0.25, 0.3) is 0 Å². The van der Waals surface area contributed by atoms with Gasteiger partial charge in [-0.3, -0.25) is 13.6 Å². The molecular weight excluding hydrogens is 603 g/mol. The van der Waals surface area contributed by atoms with Crippen LogP contribution in [0, 0.1) is 0 Å². The molecule has 42 heavy (non-hydrogen) atoms. The number of nitrogen functional groups attached to an aromatic ring is 1. The number of hydrogen-bond donors (Lipinski definition) is 5. The van der Waals surface area contributed by atoms with Gasteiger partial charge in [0.05, 0.1) is 13.2 Å². The Hall–Kier alpha value is -0.180. The molecular formula is C25H47N3NaO11P2+. The molecule has 1 aromatic heterocycles. The third kappa shape index (κ3) is 15.2. The van der Waals surface area contributed by atoms with Crippen LogP contribution < -0.4 is 41.0 Å². The van der Waals surface area contributed by atoms with E-state index in [1.165, 1.54) is 70.1 Å². The molecule has 0 aromatic carbocycles. The predicted octanol–water partition coefficient (Wildman–Crippen LogP) is 1.18. The zero-order chi connectivity index (χ0) is 30.3. The van der Waals surface area contributed by atoms with Crippen LogP contribution in [0.5, 0.6) is 0 Å². The molecule has 6 unspecified atom stereocenters. The van der Waals surface area contributed by atoms with Gasteiger partial charge >= 0.3 is 50.9 Å². The maximum atomic E-state index is 12.2. The molecule has 0 radical (unpaired) electrons. The van der Waals surface area contributed by atoms with Crippen LogP contribution in [0.2, 0.25) is 0 Å². The molecule has 1 saturated heterocycles. The number of rotatable bonds is 22. The first-order valence-electron chi connectivity index (χ1n) is 14.5. The average Bonchev–Trinajstić information content (AvgIpc) is 3.17. The summed E-state index contributed by atoms with van der Waals surface area (Å²) in [5.74, 6) is -0.0578. The monoisotopic (exact) mass is 650 g/mol. The largest absolute Gasteiger partial charge is 1.00 e. The molecule has 0 spiro atoms. The number of nitrogens with zero attached hydrogens (tertiary/aromatic N) is 2. The topological polar surface area (TPSA) is 213 Å². The Balaban J connectivity index is 0.00000882. The Kier molecular flexibility index (Phi) is 19.7. The van der Waals surface area contributed by atoms with E-state index in [1.807, 2.05) is 0 Å². The van der Waals surface area contributed by atoms with Gasteiger partial charge in [-0.1, -0.05) is 90.4 Å². The summed E-state index contributed by atoms with van der Waals surface area (Å²) in [6.45, 7) is 1.27. The summed E-state index contributed by atoms with van der Waals surface area (Å²) in [6, 6.07) is 1.28. The van der Waals surface area contributed by atoms with E-state index in [1.54, 1.807) is 0 Å². The summed E-state index contributed by atoms with van der Waals surface area (Å²) >= 11 is 0. The van der Waals surface area contributed by atoms with Crippen molar-refractivity contribution in [2.75, 3.05) is 18.9 Å². The van der Waals surface area contributed by atoms with Gasteiger partial charge in [-0.05, 0) is 12.5 Å². The van der Waals surface area contributed by atoms with E-state index in [9.17, 15) is 33.9 Å². The van der Waals surface area contributed by atoms with Crippen LogP contribution in [-0.2, 0) is 27.2 Å². The molecule has 0 saturated carbocycles. The number of aliphatic hydroxyl groups is 2. The fraction of sp³-hybridized carbons (Fsp3) is 0.840. The molecule has 17 heteroatoms. The van der Waals surface area contributed by atoms with Gasteiger partial charge < -0.3 is 30.5 Å². The van der Waals surface area contributed by atoms with Gasteiger partial charge in [-0.2, -0.15) is 9.29 Å². The number of anilines is 1. The minimum Gasteiger partial charge on any atom is -0.387 e. The zero-order valence-corrected chi connectivity index (χ0v) is 28.6. The third-order valence-corrected chi connectivity index (χ3v) is 9.46. The van der Waals surface area contributed by atoms with Gasteiger partial charge in [0, 0.05) is 6.20 Å². The van der Waals surface area contributed by atoms with Crippen molar-refractivity contribution >= 4 is 21.5 Å².